The average molecular weight is 272 g/mol. The molecule has 0 saturated carbocycles. The van der Waals surface area contributed by atoms with Gasteiger partial charge in [-0.2, -0.15) is 0 Å². The van der Waals surface area contributed by atoms with Crippen LogP contribution >= 0.6 is 0 Å². The summed E-state index contributed by atoms with van der Waals surface area (Å²) >= 11 is 0. The maximum Gasteiger partial charge on any atom is 0.306 e. The fraction of sp³-hybridized carbons (Fsp3) is 0.846. The molecule has 0 unspecified atom stereocenters. The van der Waals surface area contributed by atoms with Gasteiger partial charge >= 0.3 is 5.97 Å². The normalized spacial score (nSPS) is 16.6. The lowest BCUT2D eigenvalue weighted by atomic mass is 9.97. The van der Waals surface area contributed by atoms with E-state index in [1.165, 1.54) is 0 Å². The number of carbonyl (C=O) groups excluding carboxylic acids is 1. The number of carbonyl (C=O) groups is 2. The Morgan fingerprint density at radius 3 is 2.63 bits per heavy atom. The molecule has 1 heterocycles. The highest BCUT2D eigenvalue weighted by Crippen LogP contribution is 2.16. The second-order valence-corrected chi connectivity index (χ2v) is 4.72. The van der Waals surface area contributed by atoms with Crippen LogP contribution in [0.2, 0.25) is 0 Å². The Morgan fingerprint density at radius 2 is 2.05 bits per heavy atom. The number of carboxylic acid groups (broad SMARTS) is 1. The Morgan fingerprint density at radius 1 is 1.37 bits per heavy atom. The molecule has 0 bridgehead atoms. The van der Waals surface area contributed by atoms with Crippen molar-refractivity contribution in [1.29, 1.82) is 0 Å². The summed E-state index contributed by atoms with van der Waals surface area (Å²) in [5.74, 6) is -0.982. The zero-order chi connectivity index (χ0) is 14.1. The van der Waals surface area contributed by atoms with E-state index in [0.29, 0.717) is 39.1 Å². The number of ether oxygens (including phenoxy) is 1. The summed E-state index contributed by atoms with van der Waals surface area (Å²) in [6.45, 7) is 5.57. The highest BCUT2D eigenvalue weighted by molar-refractivity contribution is 5.78. The highest BCUT2D eigenvalue weighted by atomic mass is 16.5. The molecule has 0 aromatic heterocycles. The second kappa shape index (κ2) is 8.87. The molecular formula is C13H24N2O4. The average Bonchev–Trinajstić information content (AvgIpc) is 2.42. The molecule has 6 nitrogen and oxygen atoms in total. The number of hydrogen-bond acceptors (Lipinski definition) is 4. The van der Waals surface area contributed by atoms with Gasteiger partial charge in [-0.1, -0.05) is 0 Å². The molecule has 0 aromatic rings. The summed E-state index contributed by atoms with van der Waals surface area (Å²) in [5, 5.41) is 12.0. The minimum Gasteiger partial charge on any atom is -0.481 e. The van der Waals surface area contributed by atoms with E-state index < -0.39 is 5.97 Å². The summed E-state index contributed by atoms with van der Waals surface area (Å²) in [4.78, 5) is 24.4. The van der Waals surface area contributed by atoms with E-state index in [0.717, 1.165) is 19.6 Å². The molecule has 1 rings (SSSR count). The van der Waals surface area contributed by atoms with Crippen LogP contribution < -0.4 is 5.32 Å². The third-order valence-corrected chi connectivity index (χ3v) is 3.32. The van der Waals surface area contributed by atoms with Crippen LogP contribution in [0.4, 0.5) is 0 Å². The molecule has 1 fully saturated rings. The van der Waals surface area contributed by atoms with E-state index in [4.69, 9.17) is 9.84 Å². The number of piperidine rings is 1. The zero-order valence-corrected chi connectivity index (χ0v) is 11.6. The SMILES string of the molecule is CCOCCCNCC(=O)N1CCC(C(=O)O)CC1. The lowest BCUT2D eigenvalue weighted by Crippen LogP contribution is -2.44. The predicted molar refractivity (Wildman–Crippen MR) is 70.9 cm³/mol. The predicted octanol–water partition coefficient (Wildman–Crippen LogP) is 0.326. The van der Waals surface area contributed by atoms with Gasteiger partial charge in [0.1, 0.15) is 0 Å². The fourth-order valence-electron chi connectivity index (χ4n) is 2.13. The lowest BCUT2D eigenvalue weighted by molar-refractivity contribution is -0.145. The molecule has 1 amide bonds. The Bertz CT molecular complexity index is 288. The standard InChI is InChI=1S/C13H24N2O4/c1-2-19-9-3-6-14-10-12(16)15-7-4-11(5-8-15)13(17)18/h11,14H,2-10H2,1H3,(H,17,18). The van der Waals surface area contributed by atoms with Gasteiger partial charge in [-0.05, 0) is 32.7 Å². The van der Waals surface area contributed by atoms with Gasteiger partial charge in [0.25, 0.3) is 0 Å². The van der Waals surface area contributed by atoms with Gasteiger partial charge in [0.2, 0.25) is 5.91 Å². The Kier molecular flexibility index (Phi) is 7.43. The van der Waals surface area contributed by atoms with Gasteiger partial charge in [0.05, 0.1) is 12.5 Å². The van der Waals surface area contributed by atoms with Crippen LogP contribution in [0.15, 0.2) is 0 Å². The summed E-state index contributed by atoms with van der Waals surface area (Å²) in [7, 11) is 0. The van der Waals surface area contributed by atoms with E-state index in [1.54, 1.807) is 4.90 Å². The van der Waals surface area contributed by atoms with Crippen LogP contribution in [-0.4, -0.2) is 61.3 Å². The van der Waals surface area contributed by atoms with Crippen LogP contribution in [0, 0.1) is 5.92 Å². The van der Waals surface area contributed by atoms with Gasteiger partial charge in [0, 0.05) is 26.3 Å². The molecule has 110 valence electrons. The summed E-state index contributed by atoms with van der Waals surface area (Å²) in [6, 6.07) is 0. The first-order valence-electron chi connectivity index (χ1n) is 6.94. The minimum absolute atomic E-state index is 0.0558. The third-order valence-electron chi connectivity index (χ3n) is 3.32. The van der Waals surface area contributed by atoms with Crippen LogP contribution in [0.3, 0.4) is 0 Å². The molecule has 1 aliphatic heterocycles. The van der Waals surface area contributed by atoms with Crippen molar-refractivity contribution in [3.63, 3.8) is 0 Å². The maximum absolute atomic E-state index is 11.8. The van der Waals surface area contributed by atoms with Crippen LogP contribution in [0.25, 0.3) is 0 Å². The minimum atomic E-state index is -0.749. The summed E-state index contributed by atoms with van der Waals surface area (Å²) < 4.78 is 5.20. The number of rotatable bonds is 8. The van der Waals surface area contributed by atoms with Crippen molar-refractivity contribution in [3.8, 4) is 0 Å². The van der Waals surface area contributed by atoms with E-state index in [2.05, 4.69) is 5.32 Å². The molecule has 1 saturated heterocycles. The number of likely N-dealkylation sites (tertiary alicyclic amines) is 1. The number of nitrogens with zero attached hydrogens (tertiary/aromatic N) is 1. The number of hydrogen-bond donors (Lipinski definition) is 2. The van der Waals surface area contributed by atoms with Crippen molar-refractivity contribution < 1.29 is 19.4 Å². The van der Waals surface area contributed by atoms with Gasteiger partial charge in [-0.15, -0.1) is 0 Å². The molecule has 19 heavy (non-hydrogen) atoms. The van der Waals surface area contributed by atoms with Gasteiger partial charge in [0.15, 0.2) is 0 Å². The van der Waals surface area contributed by atoms with Crippen molar-refractivity contribution in [3.05, 3.63) is 0 Å². The van der Waals surface area contributed by atoms with Crippen LogP contribution in [0.5, 0.6) is 0 Å². The first-order chi connectivity index (χ1) is 9.15. The number of carboxylic acids is 1. The van der Waals surface area contributed by atoms with Crippen molar-refractivity contribution in [2.45, 2.75) is 26.2 Å². The fourth-order valence-corrected chi connectivity index (χ4v) is 2.13. The van der Waals surface area contributed by atoms with E-state index in [-0.39, 0.29) is 11.8 Å². The molecular weight excluding hydrogens is 248 g/mol. The Hall–Kier alpha value is -1.14. The maximum atomic E-state index is 11.8. The van der Waals surface area contributed by atoms with Crippen molar-refractivity contribution >= 4 is 11.9 Å². The first-order valence-corrected chi connectivity index (χ1v) is 6.94. The number of amides is 1. The molecule has 1 aliphatic rings. The topological polar surface area (TPSA) is 78.9 Å². The number of aliphatic carboxylic acids is 1. The quantitative estimate of drug-likeness (QED) is 0.622. The summed E-state index contributed by atoms with van der Waals surface area (Å²) in [6.07, 6.45) is 2.01. The van der Waals surface area contributed by atoms with E-state index >= 15 is 0 Å². The molecule has 6 heteroatoms. The van der Waals surface area contributed by atoms with Gasteiger partial charge in [-0.3, -0.25) is 9.59 Å². The van der Waals surface area contributed by atoms with E-state index in [1.807, 2.05) is 6.92 Å². The van der Waals surface area contributed by atoms with E-state index in [9.17, 15) is 9.59 Å². The molecule has 0 aliphatic carbocycles. The molecule has 0 radical (unpaired) electrons. The van der Waals surface area contributed by atoms with Gasteiger partial charge in [-0.25, -0.2) is 0 Å². The summed E-state index contributed by atoms with van der Waals surface area (Å²) in [5.41, 5.74) is 0. The molecule has 0 spiro atoms. The van der Waals surface area contributed by atoms with Crippen molar-refractivity contribution in [2.24, 2.45) is 5.92 Å². The largest absolute Gasteiger partial charge is 0.481 e. The monoisotopic (exact) mass is 272 g/mol. The second-order valence-electron chi connectivity index (χ2n) is 4.72. The van der Waals surface area contributed by atoms with Crippen LogP contribution in [-0.2, 0) is 14.3 Å². The van der Waals surface area contributed by atoms with Crippen molar-refractivity contribution in [1.82, 2.24) is 10.2 Å². The van der Waals surface area contributed by atoms with Crippen molar-refractivity contribution in [2.75, 3.05) is 39.4 Å². The highest BCUT2D eigenvalue weighted by Gasteiger charge is 2.26. The lowest BCUT2D eigenvalue weighted by Gasteiger charge is -2.30. The Labute approximate surface area is 114 Å². The number of nitrogens with one attached hydrogen (secondary N) is 1. The molecule has 0 atom stereocenters. The first kappa shape index (κ1) is 15.9. The Balaban J connectivity index is 2.09. The zero-order valence-electron chi connectivity index (χ0n) is 11.6. The van der Waals surface area contributed by atoms with Gasteiger partial charge < -0.3 is 20.1 Å². The smallest absolute Gasteiger partial charge is 0.306 e. The molecule has 2 N–H and O–H groups in total. The molecule has 0 aromatic carbocycles. The van der Waals surface area contributed by atoms with Crippen LogP contribution in [0.1, 0.15) is 26.2 Å². The third kappa shape index (κ3) is 6.02.